The highest BCUT2D eigenvalue weighted by molar-refractivity contribution is 6.33. The average Bonchev–Trinajstić information content (AvgIpc) is 3.73. The predicted molar refractivity (Wildman–Crippen MR) is 174 cm³/mol. The monoisotopic (exact) mass is 655 g/mol. The Morgan fingerprint density at radius 2 is 1.96 bits per heavy atom. The van der Waals surface area contributed by atoms with Crippen molar-refractivity contribution in [3.8, 4) is 5.75 Å². The minimum atomic E-state index is -0.492. The van der Waals surface area contributed by atoms with Crippen molar-refractivity contribution >= 4 is 40.5 Å². The molecule has 8 rings (SSSR count). The normalized spacial score (nSPS) is 18.7. The largest absolute Gasteiger partial charge is 0.505 e. The first-order valence-electron chi connectivity index (χ1n) is 16.1. The van der Waals surface area contributed by atoms with Gasteiger partial charge < -0.3 is 24.6 Å². The lowest BCUT2D eigenvalue weighted by Crippen LogP contribution is -2.46. The van der Waals surface area contributed by atoms with Crippen LogP contribution >= 0.6 is 11.6 Å². The average molecular weight is 656 g/mol. The number of rotatable bonds is 6. The highest BCUT2D eigenvalue weighted by Crippen LogP contribution is 2.45. The van der Waals surface area contributed by atoms with Crippen LogP contribution < -0.4 is 10.9 Å². The number of aromatic nitrogens is 5. The Bertz CT molecular complexity index is 2020. The molecule has 2 aliphatic heterocycles. The quantitative estimate of drug-likeness (QED) is 0.316. The summed E-state index contributed by atoms with van der Waals surface area (Å²) in [6.45, 7) is 1.71. The van der Waals surface area contributed by atoms with E-state index in [4.69, 9.17) is 21.3 Å². The van der Waals surface area contributed by atoms with Crippen molar-refractivity contribution in [2.45, 2.75) is 62.8 Å². The molecule has 2 N–H and O–H groups in total. The first kappa shape index (κ1) is 29.8. The number of carbonyl (C=O) groups excluding carboxylic acids is 2. The van der Waals surface area contributed by atoms with Gasteiger partial charge in [0.15, 0.2) is 11.5 Å². The number of nitrogens with zero attached hydrogens (tertiary/aromatic N) is 6. The predicted octanol–water partition coefficient (Wildman–Crippen LogP) is 4.09. The number of anilines is 1. The van der Waals surface area contributed by atoms with Gasteiger partial charge in [-0.2, -0.15) is 9.50 Å². The second kappa shape index (κ2) is 11.6. The zero-order valence-corrected chi connectivity index (χ0v) is 26.5. The highest BCUT2D eigenvalue weighted by Gasteiger charge is 2.46. The molecule has 1 saturated heterocycles. The molecule has 0 radical (unpaired) electrons. The molecule has 242 valence electrons. The number of fused-ring (bicyclic) bond motifs is 3. The lowest BCUT2D eigenvalue weighted by Gasteiger charge is -2.39. The fourth-order valence-corrected chi connectivity index (χ4v) is 7.63. The maximum absolute atomic E-state index is 14.3. The van der Waals surface area contributed by atoms with Crippen LogP contribution in [-0.4, -0.2) is 72.3 Å². The maximum Gasteiger partial charge on any atom is 0.279 e. The Balaban J connectivity index is 1.14. The van der Waals surface area contributed by atoms with Crippen molar-refractivity contribution in [1.29, 1.82) is 0 Å². The highest BCUT2D eigenvalue weighted by atomic mass is 35.5. The summed E-state index contributed by atoms with van der Waals surface area (Å²) >= 11 is 6.57. The van der Waals surface area contributed by atoms with E-state index in [1.807, 2.05) is 28.8 Å². The van der Waals surface area contributed by atoms with Gasteiger partial charge in [-0.25, -0.2) is 4.98 Å². The Labute approximate surface area is 275 Å². The molecule has 2 amide bonds. The molecular formula is C34H34ClN7O5. The van der Waals surface area contributed by atoms with Gasteiger partial charge in [0.2, 0.25) is 11.7 Å². The van der Waals surface area contributed by atoms with Crippen LogP contribution in [0.4, 0.5) is 5.69 Å². The van der Waals surface area contributed by atoms with Crippen molar-refractivity contribution in [1.82, 2.24) is 29.0 Å². The van der Waals surface area contributed by atoms with Gasteiger partial charge in [-0.05, 0) is 86.3 Å². The lowest BCUT2D eigenvalue weighted by atomic mass is 9.74. The van der Waals surface area contributed by atoms with E-state index >= 15 is 0 Å². The summed E-state index contributed by atoms with van der Waals surface area (Å²) in [5.74, 6) is 0.528. The SMILES string of the molecule is O=C(Cn1c2c(c(=O)n3nc(C4=CCOCC4)nc13)C1(CC2)CCN(C(=O)c2ncccc2O)CC1)Nc1ccc(C2CC2)cc1Cl. The number of carbonyl (C=O) groups is 2. The Hall–Kier alpha value is -4.55. The number of amides is 2. The van der Waals surface area contributed by atoms with Gasteiger partial charge in [0.05, 0.1) is 23.9 Å². The zero-order chi connectivity index (χ0) is 32.3. The molecule has 1 spiro atoms. The van der Waals surface area contributed by atoms with E-state index in [1.165, 1.54) is 22.3 Å². The fourth-order valence-electron chi connectivity index (χ4n) is 7.39. The summed E-state index contributed by atoms with van der Waals surface area (Å²) in [7, 11) is 0. The number of aromatic hydroxyl groups is 1. The van der Waals surface area contributed by atoms with Crippen LogP contribution in [0.2, 0.25) is 5.02 Å². The maximum atomic E-state index is 14.3. The van der Waals surface area contributed by atoms with Crippen LogP contribution in [-0.2, 0) is 27.9 Å². The molecule has 2 aliphatic carbocycles. The van der Waals surface area contributed by atoms with Crippen LogP contribution in [0.3, 0.4) is 0 Å². The third-order valence-corrected chi connectivity index (χ3v) is 10.4. The molecule has 5 heterocycles. The molecule has 1 saturated carbocycles. The number of piperidine rings is 1. The van der Waals surface area contributed by atoms with Crippen molar-refractivity contribution in [3.63, 3.8) is 0 Å². The summed E-state index contributed by atoms with van der Waals surface area (Å²) in [6.07, 6.45) is 8.74. The molecule has 4 aromatic rings. The molecule has 13 heteroatoms. The van der Waals surface area contributed by atoms with Crippen molar-refractivity contribution in [2.24, 2.45) is 0 Å². The van der Waals surface area contributed by atoms with Gasteiger partial charge in [-0.3, -0.25) is 14.4 Å². The van der Waals surface area contributed by atoms with Crippen molar-refractivity contribution in [2.75, 3.05) is 31.6 Å². The topological polar surface area (TPSA) is 144 Å². The smallest absolute Gasteiger partial charge is 0.279 e. The Morgan fingerprint density at radius 3 is 2.68 bits per heavy atom. The van der Waals surface area contributed by atoms with Crippen molar-refractivity contribution < 1.29 is 19.4 Å². The van der Waals surface area contributed by atoms with Crippen LogP contribution in [0.25, 0.3) is 11.4 Å². The van der Waals surface area contributed by atoms with Crippen molar-refractivity contribution in [3.05, 3.63) is 86.3 Å². The standard InChI is InChI=1S/C34H34ClN7O5/c35-23-18-22(20-3-4-20)5-6-24(23)37-27(44)19-41-25-7-10-34(11-14-40(15-12-34)32(46)29-26(43)2-1-13-36-29)28(25)31(45)42-33(41)38-30(39-42)21-8-16-47-17-9-21/h1-2,5-6,8,13,18,20,43H,3-4,7,9-12,14-17,19H2,(H,37,44). The van der Waals surface area contributed by atoms with E-state index in [2.05, 4.69) is 15.4 Å². The summed E-state index contributed by atoms with van der Waals surface area (Å²) in [5.41, 5.74) is 3.31. The fraction of sp³-hybridized carbons (Fsp3) is 0.412. The van der Waals surface area contributed by atoms with Gasteiger partial charge in [0, 0.05) is 36.0 Å². The molecule has 2 fully saturated rings. The second-order valence-corrected chi connectivity index (χ2v) is 13.3. The molecule has 0 bridgehead atoms. The number of hydrogen-bond donors (Lipinski definition) is 2. The van der Waals surface area contributed by atoms with Crippen LogP contribution in [0, 0.1) is 0 Å². The van der Waals surface area contributed by atoms with E-state index < -0.39 is 5.41 Å². The Morgan fingerprint density at radius 1 is 1.13 bits per heavy atom. The summed E-state index contributed by atoms with van der Waals surface area (Å²) in [5, 5.41) is 18.3. The first-order valence-corrected chi connectivity index (χ1v) is 16.5. The third kappa shape index (κ3) is 5.29. The van der Waals surface area contributed by atoms with Crippen LogP contribution in [0.5, 0.6) is 5.75 Å². The second-order valence-electron chi connectivity index (χ2n) is 12.9. The van der Waals surface area contributed by atoms with E-state index in [9.17, 15) is 19.5 Å². The molecule has 47 heavy (non-hydrogen) atoms. The summed E-state index contributed by atoms with van der Waals surface area (Å²) in [4.78, 5) is 51.7. The number of pyridine rings is 1. The molecule has 0 atom stereocenters. The van der Waals surface area contributed by atoms with E-state index in [-0.39, 0.29) is 35.4 Å². The zero-order valence-electron chi connectivity index (χ0n) is 25.7. The number of hydrogen-bond acceptors (Lipinski definition) is 8. The minimum Gasteiger partial charge on any atom is -0.505 e. The van der Waals surface area contributed by atoms with E-state index in [0.717, 1.165) is 24.1 Å². The van der Waals surface area contributed by atoms with E-state index in [1.54, 1.807) is 11.0 Å². The van der Waals surface area contributed by atoms with Crippen LogP contribution in [0.1, 0.15) is 77.6 Å². The lowest BCUT2D eigenvalue weighted by molar-refractivity contribution is -0.116. The van der Waals surface area contributed by atoms with E-state index in [0.29, 0.717) is 92.2 Å². The summed E-state index contributed by atoms with van der Waals surface area (Å²) < 4.78 is 8.64. The third-order valence-electron chi connectivity index (χ3n) is 10.1. The molecular weight excluding hydrogens is 622 g/mol. The van der Waals surface area contributed by atoms with Gasteiger partial charge in [-0.1, -0.05) is 23.7 Å². The summed E-state index contributed by atoms with van der Waals surface area (Å²) in [6, 6.07) is 8.80. The number of likely N-dealkylation sites (tertiary alicyclic amines) is 1. The van der Waals surface area contributed by atoms with Gasteiger partial charge in [-0.15, -0.1) is 5.10 Å². The molecule has 1 aromatic carbocycles. The van der Waals surface area contributed by atoms with Gasteiger partial charge >= 0.3 is 0 Å². The van der Waals surface area contributed by atoms with Gasteiger partial charge in [0.25, 0.3) is 11.5 Å². The first-order chi connectivity index (χ1) is 22.8. The van der Waals surface area contributed by atoms with Gasteiger partial charge in [0.1, 0.15) is 12.3 Å². The number of ether oxygens (including phenoxy) is 1. The molecule has 12 nitrogen and oxygen atoms in total. The minimum absolute atomic E-state index is 0.0187. The molecule has 0 unspecified atom stereocenters. The number of halogens is 1. The molecule has 3 aromatic heterocycles. The van der Waals surface area contributed by atoms with Crippen LogP contribution in [0.15, 0.2) is 47.4 Å². The number of nitrogens with one attached hydrogen (secondary N) is 1. The number of benzene rings is 1. The Kier molecular flexibility index (Phi) is 7.36. The molecule has 4 aliphatic rings.